The Hall–Kier alpha value is -3.07. The Kier molecular flexibility index (Phi) is 4.96. The highest BCUT2D eigenvalue weighted by molar-refractivity contribution is 6.21. The van der Waals surface area contributed by atoms with Crippen molar-refractivity contribution in [3.8, 4) is 0 Å². The standard InChI is InChI=1S/C22H27FN6O2/c1-21(2)9-13(10-22(3,4)28-21)25-17-16(23)11-24-20(27-17)26-12-6-7-14-15(8-12)19(31)29(5)18(14)30/h6-8,11,13,28H,9-10H2,1-5H3,(H2,24,25,26,27). The number of hydrogen-bond donors (Lipinski definition) is 3. The Balaban J connectivity index is 1.54. The van der Waals surface area contributed by atoms with Crippen LogP contribution in [0.25, 0.3) is 0 Å². The number of halogens is 1. The minimum Gasteiger partial charge on any atom is -0.365 e. The Bertz CT molecular complexity index is 1050. The van der Waals surface area contributed by atoms with Gasteiger partial charge in [-0.1, -0.05) is 0 Å². The van der Waals surface area contributed by atoms with Crippen LogP contribution in [0.1, 0.15) is 61.3 Å². The Morgan fingerprint density at radius 2 is 1.74 bits per heavy atom. The third kappa shape index (κ3) is 4.23. The monoisotopic (exact) mass is 426 g/mol. The third-order valence-corrected chi connectivity index (χ3v) is 5.62. The number of nitrogens with zero attached hydrogens (tertiary/aromatic N) is 3. The van der Waals surface area contributed by atoms with Crippen molar-refractivity contribution in [2.24, 2.45) is 0 Å². The fourth-order valence-corrected chi connectivity index (χ4v) is 4.71. The molecule has 1 fully saturated rings. The second-order valence-electron chi connectivity index (χ2n) is 9.59. The van der Waals surface area contributed by atoms with Crippen LogP contribution in [0, 0.1) is 5.82 Å². The summed E-state index contributed by atoms with van der Waals surface area (Å²) in [7, 11) is 1.45. The van der Waals surface area contributed by atoms with Crippen molar-refractivity contribution in [2.45, 2.75) is 57.7 Å². The summed E-state index contributed by atoms with van der Waals surface area (Å²) >= 11 is 0. The lowest BCUT2D eigenvalue weighted by Crippen LogP contribution is -2.60. The molecule has 2 aliphatic rings. The molecule has 9 heteroatoms. The van der Waals surface area contributed by atoms with E-state index in [4.69, 9.17) is 0 Å². The van der Waals surface area contributed by atoms with E-state index in [-0.39, 0.29) is 40.7 Å². The smallest absolute Gasteiger partial charge is 0.261 e. The van der Waals surface area contributed by atoms with Crippen LogP contribution in [0.4, 0.5) is 21.8 Å². The van der Waals surface area contributed by atoms with Gasteiger partial charge in [-0.15, -0.1) is 0 Å². The van der Waals surface area contributed by atoms with E-state index in [1.165, 1.54) is 7.05 Å². The maximum Gasteiger partial charge on any atom is 0.261 e. The topological polar surface area (TPSA) is 99.2 Å². The zero-order chi connectivity index (χ0) is 22.6. The molecule has 1 aromatic carbocycles. The molecular weight excluding hydrogens is 399 g/mol. The zero-order valence-electron chi connectivity index (χ0n) is 18.3. The highest BCUT2D eigenvalue weighted by atomic mass is 19.1. The predicted octanol–water partition coefficient (Wildman–Crippen LogP) is 3.31. The van der Waals surface area contributed by atoms with Crippen molar-refractivity contribution in [2.75, 3.05) is 17.7 Å². The number of fused-ring (bicyclic) bond motifs is 1. The highest BCUT2D eigenvalue weighted by Crippen LogP contribution is 2.31. The SMILES string of the molecule is CN1C(=O)c2ccc(Nc3ncc(F)c(NC4CC(C)(C)NC(C)(C)C4)n3)cc2C1=O. The molecule has 0 radical (unpaired) electrons. The number of nitrogens with one attached hydrogen (secondary N) is 3. The van der Waals surface area contributed by atoms with E-state index in [2.05, 4.69) is 53.6 Å². The molecule has 3 N–H and O–H groups in total. The highest BCUT2D eigenvalue weighted by Gasteiger charge is 2.38. The summed E-state index contributed by atoms with van der Waals surface area (Å²) in [5, 5.41) is 9.84. The fraction of sp³-hybridized carbons (Fsp3) is 0.455. The maximum atomic E-state index is 14.4. The van der Waals surface area contributed by atoms with E-state index < -0.39 is 5.82 Å². The first-order chi connectivity index (χ1) is 14.4. The second kappa shape index (κ2) is 7.26. The van der Waals surface area contributed by atoms with Crippen LogP contribution in [-0.2, 0) is 0 Å². The molecule has 0 unspecified atom stereocenters. The molecule has 0 bridgehead atoms. The first-order valence-corrected chi connectivity index (χ1v) is 10.3. The molecule has 2 amide bonds. The molecule has 4 rings (SSSR count). The first kappa shape index (κ1) is 21.2. The van der Waals surface area contributed by atoms with Gasteiger partial charge in [0.2, 0.25) is 5.95 Å². The van der Waals surface area contributed by atoms with E-state index in [0.29, 0.717) is 16.8 Å². The van der Waals surface area contributed by atoms with Crippen LogP contribution in [-0.4, -0.2) is 50.8 Å². The summed E-state index contributed by atoms with van der Waals surface area (Å²) in [6.07, 6.45) is 2.75. The number of piperidine rings is 1. The van der Waals surface area contributed by atoms with Gasteiger partial charge < -0.3 is 16.0 Å². The Morgan fingerprint density at radius 1 is 1.10 bits per heavy atom. The number of imide groups is 1. The number of hydrogen-bond acceptors (Lipinski definition) is 7. The zero-order valence-corrected chi connectivity index (χ0v) is 18.3. The second-order valence-corrected chi connectivity index (χ2v) is 9.59. The van der Waals surface area contributed by atoms with Crippen molar-refractivity contribution in [3.63, 3.8) is 0 Å². The van der Waals surface area contributed by atoms with Gasteiger partial charge in [0, 0.05) is 29.9 Å². The summed E-state index contributed by atoms with van der Waals surface area (Å²) in [6.45, 7) is 8.51. The van der Waals surface area contributed by atoms with Crippen molar-refractivity contribution >= 4 is 29.3 Å². The van der Waals surface area contributed by atoms with Crippen molar-refractivity contribution < 1.29 is 14.0 Å². The number of rotatable bonds is 4. The van der Waals surface area contributed by atoms with E-state index in [1.807, 2.05) is 0 Å². The van der Waals surface area contributed by atoms with Gasteiger partial charge >= 0.3 is 0 Å². The Morgan fingerprint density at radius 3 is 2.42 bits per heavy atom. The predicted molar refractivity (Wildman–Crippen MR) is 116 cm³/mol. The quantitative estimate of drug-likeness (QED) is 0.645. The van der Waals surface area contributed by atoms with Gasteiger partial charge in [-0.2, -0.15) is 4.98 Å². The van der Waals surface area contributed by atoms with Crippen molar-refractivity contribution in [3.05, 3.63) is 41.3 Å². The average Bonchev–Trinajstić information content (AvgIpc) is 2.86. The van der Waals surface area contributed by atoms with Crippen molar-refractivity contribution in [1.29, 1.82) is 0 Å². The molecule has 0 aliphatic carbocycles. The lowest BCUT2D eigenvalue weighted by Gasteiger charge is -2.46. The van der Waals surface area contributed by atoms with Crippen LogP contribution < -0.4 is 16.0 Å². The molecular formula is C22H27FN6O2. The largest absolute Gasteiger partial charge is 0.365 e. The van der Waals surface area contributed by atoms with E-state index >= 15 is 0 Å². The van der Waals surface area contributed by atoms with Crippen LogP contribution in [0.5, 0.6) is 0 Å². The number of amides is 2. The molecule has 164 valence electrons. The number of aromatic nitrogens is 2. The number of anilines is 3. The maximum absolute atomic E-state index is 14.4. The molecule has 1 aromatic heterocycles. The van der Waals surface area contributed by atoms with Crippen molar-refractivity contribution in [1.82, 2.24) is 20.2 Å². The van der Waals surface area contributed by atoms with Gasteiger partial charge in [-0.05, 0) is 58.7 Å². The van der Waals surface area contributed by atoms with Crippen LogP contribution in [0.3, 0.4) is 0 Å². The normalized spacial score (nSPS) is 20.0. The summed E-state index contributed by atoms with van der Waals surface area (Å²) in [4.78, 5) is 33.7. The lowest BCUT2D eigenvalue weighted by molar-refractivity contribution is 0.0693. The van der Waals surface area contributed by atoms with Crippen LogP contribution in [0.15, 0.2) is 24.4 Å². The molecule has 0 atom stereocenters. The first-order valence-electron chi connectivity index (χ1n) is 10.3. The average molecular weight is 426 g/mol. The van der Waals surface area contributed by atoms with Gasteiger partial charge in [-0.3, -0.25) is 14.5 Å². The minimum absolute atomic E-state index is 0.0441. The molecule has 0 spiro atoms. The van der Waals surface area contributed by atoms with Gasteiger partial charge in [-0.25, -0.2) is 9.37 Å². The van der Waals surface area contributed by atoms with Crippen LogP contribution in [0.2, 0.25) is 0 Å². The fourth-order valence-electron chi connectivity index (χ4n) is 4.71. The summed E-state index contributed by atoms with van der Waals surface area (Å²) < 4.78 is 14.4. The van der Waals surface area contributed by atoms with Crippen LogP contribution >= 0.6 is 0 Å². The third-order valence-electron chi connectivity index (χ3n) is 5.62. The number of carbonyl (C=O) groups excluding carboxylic acids is 2. The minimum atomic E-state index is -0.531. The summed E-state index contributed by atoms with van der Waals surface area (Å²) in [5.74, 6) is -0.897. The van der Waals surface area contributed by atoms with Gasteiger partial charge in [0.15, 0.2) is 11.6 Å². The summed E-state index contributed by atoms with van der Waals surface area (Å²) in [6, 6.07) is 4.88. The van der Waals surface area contributed by atoms with E-state index in [1.54, 1.807) is 18.2 Å². The molecule has 1 saturated heterocycles. The van der Waals surface area contributed by atoms with Gasteiger partial charge in [0.25, 0.3) is 11.8 Å². The lowest BCUT2D eigenvalue weighted by atomic mass is 9.79. The molecule has 2 aliphatic heterocycles. The van der Waals surface area contributed by atoms with Gasteiger partial charge in [0.1, 0.15) is 0 Å². The van der Waals surface area contributed by atoms with E-state index in [9.17, 15) is 14.0 Å². The number of benzene rings is 1. The van der Waals surface area contributed by atoms with E-state index in [0.717, 1.165) is 23.9 Å². The number of carbonyl (C=O) groups is 2. The molecule has 3 heterocycles. The molecule has 2 aromatic rings. The molecule has 8 nitrogen and oxygen atoms in total. The Labute approximate surface area is 180 Å². The van der Waals surface area contributed by atoms with Gasteiger partial charge in [0.05, 0.1) is 17.3 Å². The molecule has 0 saturated carbocycles. The summed E-state index contributed by atoms with van der Waals surface area (Å²) in [5.41, 5.74) is 1.03. The molecule has 31 heavy (non-hydrogen) atoms.